The van der Waals surface area contributed by atoms with Gasteiger partial charge in [0, 0.05) is 13.2 Å². The molecular formula is C22H21FN2O4. The highest BCUT2D eigenvalue weighted by Gasteiger charge is 2.31. The number of nitrogens with zero attached hydrogens (tertiary/aromatic N) is 1. The van der Waals surface area contributed by atoms with Crippen LogP contribution in [-0.2, 0) is 14.3 Å². The maximum Gasteiger partial charge on any atom is 0.294 e. The molecule has 1 saturated heterocycles. The van der Waals surface area contributed by atoms with Gasteiger partial charge in [0.05, 0.1) is 11.8 Å². The molecule has 2 aromatic rings. The first kappa shape index (κ1) is 19.1. The lowest BCUT2D eigenvalue weighted by atomic mass is 10.1. The molecule has 0 unspecified atom stereocenters. The molecule has 0 aromatic heterocycles. The lowest BCUT2D eigenvalue weighted by molar-refractivity contribution is -0.123. The quantitative estimate of drug-likeness (QED) is 0.790. The number of amides is 2. The van der Waals surface area contributed by atoms with Crippen LogP contribution in [0.1, 0.15) is 18.4 Å². The monoisotopic (exact) mass is 396 g/mol. The molecule has 2 aromatic carbocycles. The molecule has 7 heteroatoms. The molecule has 6 nitrogen and oxygen atoms in total. The summed E-state index contributed by atoms with van der Waals surface area (Å²) < 4.78 is 24.7. The van der Waals surface area contributed by atoms with Crippen molar-refractivity contribution in [1.29, 1.82) is 0 Å². The summed E-state index contributed by atoms with van der Waals surface area (Å²) in [4.78, 5) is 26.8. The number of hydrogen-bond acceptors (Lipinski definition) is 4. The Labute approximate surface area is 167 Å². The van der Waals surface area contributed by atoms with Crippen LogP contribution in [0.5, 0.6) is 5.75 Å². The van der Waals surface area contributed by atoms with Crippen LogP contribution in [0.25, 0.3) is 6.08 Å². The molecule has 29 heavy (non-hydrogen) atoms. The van der Waals surface area contributed by atoms with Crippen LogP contribution in [0, 0.1) is 5.82 Å². The Balaban J connectivity index is 1.54. The van der Waals surface area contributed by atoms with E-state index in [0.717, 1.165) is 12.8 Å². The molecule has 150 valence electrons. The Morgan fingerprint density at radius 3 is 2.90 bits per heavy atom. The number of fused-ring (bicyclic) bond motifs is 1. The Kier molecular flexibility index (Phi) is 5.57. The summed E-state index contributed by atoms with van der Waals surface area (Å²) in [5.74, 6) is -0.660. The minimum absolute atomic E-state index is 0.0232. The Bertz CT molecular complexity index is 953. The van der Waals surface area contributed by atoms with E-state index in [1.165, 1.54) is 23.1 Å². The van der Waals surface area contributed by atoms with Crippen LogP contribution in [0.4, 0.5) is 10.1 Å². The number of carbonyl (C=O) groups is 2. The summed E-state index contributed by atoms with van der Waals surface area (Å²) in [6.45, 7) is 0.988. The zero-order valence-corrected chi connectivity index (χ0v) is 15.8. The van der Waals surface area contributed by atoms with Crippen LogP contribution in [0.2, 0.25) is 0 Å². The number of hydrogen-bond donors (Lipinski definition) is 1. The fourth-order valence-electron chi connectivity index (χ4n) is 3.40. The molecule has 0 spiro atoms. The van der Waals surface area contributed by atoms with Gasteiger partial charge in [0.2, 0.25) is 5.91 Å². The van der Waals surface area contributed by atoms with Crippen molar-refractivity contribution in [1.82, 2.24) is 5.32 Å². The zero-order chi connectivity index (χ0) is 20.2. The first-order valence-corrected chi connectivity index (χ1v) is 9.54. The van der Waals surface area contributed by atoms with Crippen molar-refractivity contribution in [2.75, 3.05) is 24.6 Å². The number of anilines is 1. The minimum atomic E-state index is -0.458. The molecule has 0 saturated carbocycles. The van der Waals surface area contributed by atoms with E-state index in [1.54, 1.807) is 36.4 Å². The van der Waals surface area contributed by atoms with Crippen molar-refractivity contribution in [3.05, 3.63) is 65.7 Å². The summed E-state index contributed by atoms with van der Waals surface area (Å²) in [5.41, 5.74) is 1.01. The van der Waals surface area contributed by atoms with Gasteiger partial charge >= 0.3 is 0 Å². The highest BCUT2D eigenvalue weighted by atomic mass is 19.1. The van der Waals surface area contributed by atoms with Crippen LogP contribution in [0.15, 0.2) is 54.3 Å². The average molecular weight is 396 g/mol. The summed E-state index contributed by atoms with van der Waals surface area (Å²) in [6.07, 6.45) is 3.40. The third-order valence-electron chi connectivity index (χ3n) is 4.83. The number of para-hydroxylation sites is 2. The zero-order valence-electron chi connectivity index (χ0n) is 15.8. The summed E-state index contributed by atoms with van der Waals surface area (Å²) in [7, 11) is 0. The van der Waals surface area contributed by atoms with Crippen molar-refractivity contribution in [3.63, 3.8) is 0 Å². The maximum absolute atomic E-state index is 13.5. The van der Waals surface area contributed by atoms with Crippen molar-refractivity contribution >= 4 is 23.6 Å². The van der Waals surface area contributed by atoms with Gasteiger partial charge in [-0.15, -0.1) is 0 Å². The molecule has 1 N–H and O–H groups in total. The number of benzene rings is 2. The topological polar surface area (TPSA) is 67.9 Å². The third kappa shape index (κ3) is 4.46. The fourth-order valence-corrected chi connectivity index (χ4v) is 3.40. The highest BCUT2D eigenvalue weighted by Crippen LogP contribution is 2.35. The van der Waals surface area contributed by atoms with E-state index in [4.69, 9.17) is 9.47 Å². The van der Waals surface area contributed by atoms with Crippen LogP contribution in [0.3, 0.4) is 0 Å². The summed E-state index contributed by atoms with van der Waals surface area (Å²) >= 11 is 0. The SMILES string of the molecule is O=C(CN1C(=O)/C(=C\c2cccc(F)c2)Oc2ccccc21)NC[C@H]1CCCO1. The lowest BCUT2D eigenvalue weighted by Gasteiger charge is -2.30. The van der Waals surface area contributed by atoms with Gasteiger partial charge in [0.25, 0.3) is 5.91 Å². The molecule has 4 rings (SSSR count). The van der Waals surface area contributed by atoms with E-state index in [9.17, 15) is 14.0 Å². The van der Waals surface area contributed by atoms with E-state index < -0.39 is 11.7 Å². The first-order valence-electron chi connectivity index (χ1n) is 9.54. The van der Waals surface area contributed by atoms with Crippen molar-refractivity contribution < 1.29 is 23.5 Å². The second-order valence-corrected chi connectivity index (χ2v) is 6.96. The van der Waals surface area contributed by atoms with Gasteiger partial charge in [-0.1, -0.05) is 24.3 Å². The largest absolute Gasteiger partial charge is 0.449 e. The van der Waals surface area contributed by atoms with Crippen molar-refractivity contribution in [2.24, 2.45) is 0 Å². The van der Waals surface area contributed by atoms with E-state index in [0.29, 0.717) is 30.2 Å². The molecular weight excluding hydrogens is 375 g/mol. The second-order valence-electron chi connectivity index (χ2n) is 6.96. The van der Waals surface area contributed by atoms with Crippen molar-refractivity contribution in [3.8, 4) is 5.75 Å². The molecule has 2 aliphatic rings. The summed E-state index contributed by atoms with van der Waals surface area (Å²) in [5, 5.41) is 2.83. The smallest absolute Gasteiger partial charge is 0.294 e. The second kappa shape index (κ2) is 8.45. The number of nitrogens with one attached hydrogen (secondary N) is 1. The third-order valence-corrected chi connectivity index (χ3v) is 4.83. The normalized spacial score (nSPS) is 19.8. The molecule has 1 fully saturated rings. The van der Waals surface area contributed by atoms with Gasteiger partial charge in [-0.2, -0.15) is 0 Å². The Hall–Kier alpha value is -3.19. The number of carbonyl (C=O) groups excluding carboxylic acids is 2. The van der Waals surface area contributed by atoms with Gasteiger partial charge in [-0.3, -0.25) is 14.5 Å². The highest BCUT2D eigenvalue weighted by molar-refractivity contribution is 6.12. The molecule has 2 heterocycles. The van der Waals surface area contributed by atoms with E-state index in [2.05, 4.69) is 5.32 Å². The predicted octanol–water partition coefficient (Wildman–Crippen LogP) is 2.89. The van der Waals surface area contributed by atoms with Crippen LogP contribution >= 0.6 is 0 Å². The van der Waals surface area contributed by atoms with Crippen LogP contribution < -0.4 is 15.0 Å². The van der Waals surface area contributed by atoms with Crippen molar-refractivity contribution in [2.45, 2.75) is 18.9 Å². The Morgan fingerprint density at radius 2 is 2.10 bits per heavy atom. The molecule has 2 aliphatic heterocycles. The maximum atomic E-state index is 13.5. The molecule has 0 bridgehead atoms. The molecule has 2 amide bonds. The molecule has 1 atom stereocenters. The van der Waals surface area contributed by atoms with E-state index >= 15 is 0 Å². The number of ether oxygens (including phenoxy) is 2. The van der Waals surface area contributed by atoms with Gasteiger partial charge in [0.15, 0.2) is 11.5 Å². The van der Waals surface area contributed by atoms with Gasteiger partial charge in [0.1, 0.15) is 12.4 Å². The predicted molar refractivity (Wildman–Crippen MR) is 106 cm³/mol. The van der Waals surface area contributed by atoms with Gasteiger partial charge in [-0.25, -0.2) is 4.39 Å². The van der Waals surface area contributed by atoms with Gasteiger partial charge in [-0.05, 0) is 48.7 Å². The van der Waals surface area contributed by atoms with Crippen LogP contribution in [-0.4, -0.2) is 37.6 Å². The van der Waals surface area contributed by atoms with E-state index in [1.807, 2.05) is 0 Å². The first-order chi connectivity index (χ1) is 14.1. The van der Waals surface area contributed by atoms with Gasteiger partial charge < -0.3 is 14.8 Å². The number of rotatable bonds is 5. The van der Waals surface area contributed by atoms with E-state index in [-0.39, 0.29) is 24.3 Å². The summed E-state index contributed by atoms with van der Waals surface area (Å²) in [6, 6.07) is 12.9. The lowest BCUT2D eigenvalue weighted by Crippen LogP contribution is -2.45. The molecule has 0 aliphatic carbocycles. The molecule has 0 radical (unpaired) electrons. The fraction of sp³-hybridized carbons (Fsp3) is 0.273. The average Bonchev–Trinajstić information content (AvgIpc) is 3.23. The standard InChI is InChI=1S/C22H21FN2O4/c23-16-6-3-5-15(11-16)12-20-22(27)25(18-8-1-2-9-19(18)29-20)14-21(26)24-13-17-7-4-10-28-17/h1-3,5-6,8-9,11-12,17H,4,7,10,13-14H2,(H,24,26)/b20-12+/t17-/m1/s1. The number of halogens is 1. The minimum Gasteiger partial charge on any atom is -0.449 e. The Morgan fingerprint density at radius 1 is 1.24 bits per heavy atom.